The molecule has 0 aliphatic rings. The van der Waals surface area contributed by atoms with Crippen LogP contribution >= 0.6 is 11.3 Å². The van der Waals surface area contributed by atoms with E-state index in [0.29, 0.717) is 33.4 Å². The number of anilines is 1. The van der Waals surface area contributed by atoms with E-state index in [2.05, 4.69) is 15.3 Å². The van der Waals surface area contributed by atoms with Crippen LogP contribution in [0.1, 0.15) is 16.1 Å². The Kier molecular flexibility index (Phi) is 5.33. The number of nitrogens with one attached hydrogen (secondary N) is 1. The second kappa shape index (κ2) is 8.08. The molecular weight excluding hydrogens is 405 g/mol. The number of fused-ring (bicyclic) bond motifs is 1. The van der Waals surface area contributed by atoms with Crippen molar-refractivity contribution in [2.45, 2.75) is 6.92 Å². The fraction of sp³-hybridized carbons (Fsp3) is 0.136. The molecule has 6 nitrogen and oxygen atoms in total. The number of amides is 1. The van der Waals surface area contributed by atoms with Crippen LogP contribution in [0.3, 0.4) is 0 Å². The van der Waals surface area contributed by atoms with Crippen LogP contribution in [0.2, 0.25) is 0 Å². The van der Waals surface area contributed by atoms with Crippen molar-refractivity contribution >= 4 is 33.3 Å². The van der Waals surface area contributed by atoms with Gasteiger partial charge in [0.05, 0.1) is 36.7 Å². The fourth-order valence-corrected chi connectivity index (χ4v) is 3.77. The molecular formula is C22H18FN3O3S. The highest BCUT2D eigenvalue weighted by Gasteiger charge is 2.15. The van der Waals surface area contributed by atoms with Gasteiger partial charge in [-0.05, 0) is 43.3 Å². The summed E-state index contributed by atoms with van der Waals surface area (Å²) >= 11 is 1.26. The van der Waals surface area contributed by atoms with Crippen molar-refractivity contribution in [3.63, 3.8) is 0 Å². The average molecular weight is 423 g/mol. The average Bonchev–Trinajstić information content (AvgIpc) is 3.21. The van der Waals surface area contributed by atoms with E-state index in [1.165, 1.54) is 24.5 Å². The van der Waals surface area contributed by atoms with Gasteiger partial charge in [0.15, 0.2) is 16.7 Å². The van der Waals surface area contributed by atoms with Gasteiger partial charge < -0.3 is 9.47 Å². The van der Waals surface area contributed by atoms with Crippen molar-refractivity contribution < 1.29 is 18.7 Å². The lowest BCUT2D eigenvalue weighted by Gasteiger charge is -2.08. The fourth-order valence-electron chi connectivity index (χ4n) is 3.05. The smallest absolute Gasteiger partial charge is 0.259 e. The Morgan fingerprint density at radius 3 is 2.63 bits per heavy atom. The number of aromatic nitrogens is 2. The van der Waals surface area contributed by atoms with Crippen molar-refractivity contribution in [2.75, 3.05) is 19.5 Å². The molecule has 0 fully saturated rings. The summed E-state index contributed by atoms with van der Waals surface area (Å²) in [5.41, 5.74) is 2.98. The zero-order valence-corrected chi connectivity index (χ0v) is 17.3. The summed E-state index contributed by atoms with van der Waals surface area (Å²) in [6.45, 7) is 1.78. The van der Waals surface area contributed by atoms with Gasteiger partial charge in [0, 0.05) is 22.4 Å². The number of hydrogen-bond acceptors (Lipinski definition) is 6. The number of pyridine rings is 1. The van der Waals surface area contributed by atoms with Gasteiger partial charge in [-0.2, -0.15) is 0 Å². The molecule has 0 aliphatic heterocycles. The van der Waals surface area contributed by atoms with E-state index >= 15 is 0 Å². The minimum Gasteiger partial charge on any atom is -0.497 e. The molecule has 4 aromatic rings. The highest BCUT2D eigenvalue weighted by Crippen LogP contribution is 2.29. The van der Waals surface area contributed by atoms with E-state index in [-0.39, 0.29) is 11.7 Å². The minimum absolute atomic E-state index is 0.166. The number of nitrogens with zero attached hydrogens (tertiary/aromatic N) is 2. The minimum atomic E-state index is -0.469. The third-order valence-corrected chi connectivity index (χ3v) is 5.39. The summed E-state index contributed by atoms with van der Waals surface area (Å²) in [6.07, 6.45) is 0. The number of ether oxygens (including phenoxy) is 2. The van der Waals surface area contributed by atoms with Crippen molar-refractivity contribution in [1.82, 2.24) is 9.97 Å². The molecule has 0 spiro atoms. The number of halogens is 1. The molecule has 4 rings (SSSR count). The maximum absolute atomic E-state index is 14.0. The summed E-state index contributed by atoms with van der Waals surface area (Å²) in [7, 11) is 3.01. The first-order valence-corrected chi connectivity index (χ1v) is 9.92. The van der Waals surface area contributed by atoms with Crippen LogP contribution in [0.4, 0.5) is 9.52 Å². The number of benzene rings is 2. The van der Waals surface area contributed by atoms with Crippen molar-refractivity contribution in [3.05, 3.63) is 64.9 Å². The molecule has 0 radical (unpaired) electrons. The zero-order chi connectivity index (χ0) is 21.3. The Hall–Kier alpha value is -3.52. The van der Waals surface area contributed by atoms with E-state index < -0.39 is 5.82 Å². The molecule has 0 saturated carbocycles. The normalized spacial score (nSPS) is 10.8. The molecule has 0 aliphatic carbocycles. The Bertz CT molecular complexity index is 1260. The lowest BCUT2D eigenvalue weighted by atomic mass is 10.1. The third kappa shape index (κ3) is 3.81. The third-order valence-electron chi connectivity index (χ3n) is 4.63. The summed E-state index contributed by atoms with van der Waals surface area (Å²) in [6, 6.07) is 11.9. The predicted molar refractivity (Wildman–Crippen MR) is 115 cm³/mol. The number of aryl methyl sites for hydroxylation is 1. The first-order valence-electron chi connectivity index (χ1n) is 9.04. The summed E-state index contributed by atoms with van der Waals surface area (Å²) in [5, 5.41) is 5.81. The maximum atomic E-state index is 14.0. The highest BCUT2D eigenvalue weighted by molar-refractivity contribution is 7.14. The van der Waals surface area contributed by atoms with E-state index in [0.717, 1.165) is 10.9 Å². The lowest BCUT2D eigenvalue weighted by Crippen LogP contribution is -2.14. The van der Waals surface area contributed by atoms with Gasteiger partial charge in [0.25, 0.3) is 5.91 Å². The Balaban J connectivity index is 1.57. The quantitative estimate of drug-likeness (QED) is 0.485. The molecule has 0 bridgehead atoms. The Labute approximate surface area is 176 Å². The molecule has 1 N–H and O–H groups in total. The summed E-state index contributed by atoms with van der Waals surface area (Å²) in [5.74, 6) is 0.0962. The number of thiazole rings is 1. The molecule has 0 unspecified atom stereocenters. The van der Waals surface area contributed by atoms with Crippen LogP contribution in [0.5, 0.6) is 11.5 Å². The van der Waals surface area contributed by atoms with Crippen molar-refractivity contribution in [3.8, 4) is 22.8 Å². The van der Waals surface area contributed by atoms with E-state index in [4.69, 9.17) is 9.47 Å². The van der Waals surface area contributed by atoms with E-state index in [9.17, 15) is 9.18 Å². The van der Waals surface area contributed by atoms with Gasteiger partial charge >= 0.3 is 0 Å². The number of carbonyl (C=O) groups excluding carboxylic acids is 1. The topological polar surface area (TPSA) is 73.3 Å². The van der Waals surface area contributed by atoms with Crippen molar-refractivity contribution in [2.24, 2.45) is 0 Å². The first-order chi connectivity index (χ1) is 14.5. The van der Waals surface area contributed by atoms with Gasteiger partial charge in [-0.3, -0.25) is 15.1 Å². The van der Waals surface area contributed by atoms with Crippen LogP contribution in [0.15, 0.2) is 47.8 Å². The van der Waals surface area contributed by atoms with Gasteiger partial charge in [-0.1, -0.05) is 0 Å². The standard InChI is InChI=1S/C22H18FN3O3S/c1-12-16(8-13-4-6-15(28-2)10-18(13)24-12)21(27)26-22-25-19(11-30-22)14-5-7-20(29-3)17(23)9-14/h4-11H,1-3H3,(H,25,26,27). The van der Waals surface area contributed by atoms with Gasteiger partial charge in [-0.15, -0.1) is 11.3 Å². The molecule has 1 amide bonds. The largest absolute Gasteiger partial charge is 0.497 e. The number of rotatable bonds is 5. The summed E-state index contributed by atoms with van der Waals surface area (Å²) < 4.78 is 24.1. The molecule has 2 aromatic heterocycles. The predicted octanol–water partition coefficient (Wildman–Crippen LogP) is 5.08. The monoisotopic (exact) mass is 423 g/mol. The lowest BCUT2D eigenvalue weighted by molar-refractivity contribution is 0.102. The highest BCUT2D eigenvalue weighted by atomic mass is 32.1. The summed E-state index contributed by atoms with van der Waals surface area (Å²) in [4.78, 5) is 21.7. The van der Waals surface area contributed by atoms with Gasteiger partial charge in [-0.25, -0.2) is 9.37 Å². The molecule has 2 heterocycles. The number of methoxy groups -OCH3 is 2. The number of hydrogen-bond donors (Lipinski definition) is 1. The van der Waals surface area contributed by atoms with Crippen molar-refractivity contribution in [1.29, 1.82) is 0 Å². The molecule has 0 saturated heterocycles. The van der Waals surface area contributed by atoms with Crippen LogP contribution in [0, 0.1) is 12.7 Å². The van der Waals surface area contributed by atoms with Crippen LogP contribution in [-0.2, 0) is 0 Å². The second-order valence-corrected chi connectivity index (χ2v) is 7.38. The maximum Gasteiger partial charge on any atom is 0.259 e. The molecule has 0 atom stereocenters. The van der Waals surface area contributed by atoms with Crippen LogP contribution in [-0.4, -0.2) is 30.1 Å². The van der Waals surface area contributed by atoms with Gasteiger partial charge in [0.1, 0.15) is 5.75 Å². The zero-order valence-electron chi connectivity index (χ0n) is 16.5. The van der Waals surface area contributed by atoms with E-state index in [1.807, 2.05) is 18.2 Å². The second-order valence-electron chi connectivity index (χ2n) is 6.52. The molecule has 8 heteroatoms. The Morgan fingerprint density at radius 1 is 1.07 bits per heavy atom. The number of carbonyl (C=O) groups is 1. The SMILES string of the molecule is COc1ccc2cc(C(=O)Nc3nc(-c4ccc(OC)c(F)c4)cs3)c(C)nc2c1. The Morgan fingerprint density at radius 2 is 1.90 bits per heavy atom. The first kappa shape index (κ1) is 19.8. The van der Waals surface area contributed by atoms with Crippen LogP contribution in [0.25, 0.3) is 22.2 Å². The van der Waals surface area contributed by atoms with Crippen LogP contribution < -0.4 is 14.8 Å². The van der Waals surface area contributed by atoms with E-state index in [1.54, 1.807) is 37.6 Å². The molecule has 2 aromatic carbocycles. The van der Waals surface area contributed by atoms with Gasteiger partial charge in [0.2, 0.25) is 0 Å². The molecule has 30 heavy (non-hydrogen) atoms. The molecule has 152 valence electrons.